The second-order valence-corrected chi connectivity index (χ2v) is 1.00. The third-order valence-electron chi connectivity index (χ3n) is 0. The van der Waals surface area contributed by atoms with Gasteiger partial charge in [-0.3, -0.25) is 0 Å². The summed E-state index contributed by atoms with van der Waals surface area (Å²) in [5.74, 6) is 0. The van der Waals surface area contributed by atoms with Gasteiger partial charge in [0, 0.05) is 0 Å². The second kappa shape index (κ2) is 15.7. The van der Waals surface area contributed by atoms with E-state index in [0.717, 1.165) is 0 Å². The minimum absolute atomic E-state index is 0. The first kappa shape index (κ1) is 16.0. The molecule has 0 amide bonds. The van der Waals surface area contributed by atoms with Crippen LogP contribution < -0.4 is 4.89 Å². The Morgan fingerprint density at radius 1 is 1.50 bits per heavy atom. The Hall–Kier alpha value is 0.993. The van der Waals surface area contributed by atoms with Gasteiger partial charge < -0.3 is 19.6 Å². The van der Waals surface area contributed by atoms with E-state index in [-0.39, 0.29) is 19.5 Å². The summed E-state index contributed by atoms with van der Waals surface area (Å²) in [5, 5.41) is 0. The van der Waals surface area contributed by atoms with Crippen molar-refractivity contribution in [2.75, 3.05) is 0 Å². The molecule has 0 aromatic rings. The van der Waals surface area contributed by atoms with E-state index < -0.39 is 17.3 Å². The third-order valence-corrected chi connectivity index (χ3v) is 0. The van der Waals surface area contributed by atoms with Crippen molar-refractivity contribution in [3.05, 3.63) is 0 Å². The molecule has 0 aliphatic rings. The van der Waals surface area contributed by atoms with Crippen molar-refractivity contribution in [3.8, 4) is 0 Å². The van der Waals surface area contributed by atoms with Crippen molar-refractivity contribution in [2.24, 2.45) is 0 Å². The van der Waals surface area contributed by atoms with Gasteiger partial charge in [0.1, 0.15) is 0 Å². The average molecular weight is 210 g/mol. The molecule has 0 aliphatic carbocycles. The zero-order valence-electron chi connectivity index (χ0n) is 3.76. The molecule has 0 aromatic carbocycles. The summed E-state index contributed by atoms with van der Waals surface area (Å²) in [5.41, 5.74) is 0. The average Bonchev–Trinajstić information content (AvgIpc) is 1.33. The zero-order valence-corrected chi connectivity index (χ0v) is 8.52. The van der Waals surface area contributed by atoms with Gasteiger partial charge in [-0.2, -0.15) is 0 Å². The topological polar surface area (TPSA) is 101 Å². The molecular weight excluding hydrogens is 207 g/mol. The SMILES string of the molecule is O=PO.[O-]P(O)O.[Zn+2]. The molecule has 8 heteroatoms. The van der Waals surface area contributed by atoms with Crippen LogP contribution in [-0.2, 0) is 24.0 Å². The first-order valence-electron chi connectivity index (χ1n) is 0.965. The van der Waals surface area contributed by atoms with Crippen molar-refractivity contribution >= 4 is 17.3 Å². The van der Waals surface area contributed by atoms with E-state index in [9.17, 15) is 0 Å². The molecule has 0 aromatic heterocycles. The van der Waals surface area contributed by atoms with Crippen LogP contribution in [0, 0.1) is 0 Å². The molecule has 0 atom stereocenters. The molecule has 0 rings (SSSR count). The van der Waals surface area contributed by atoms with Gasteiger partial charge >= 0.3 is 28.2 Å². The summed E-state index contributed by atoms with van der Waals surface area (Å²) in [6, 6.07) is 0. The smallest absolute Gasteiger partial charge is 0.786 e. The predicted molar refractivity (Wildman–Crippen MR) is 21.2 cm³/mol. The summed E-state index contributed by atoms with van der Waals surface area (Å²) in [7, 11) is -3.70. The Kier molecular flexibility index (Phi) is 31.4. The van der Waals surface area contributed by atoms with Crippen LogP contribution in [0.3, 0.4) is 0 Å². The van der Waals surface area contributed by atoms with Crippen molar-refractivity contribution in [2.45, 2.75) is 0 Å². The predicted octanol–water partition coefficient (Wildman–Crippen LogP) is -1.26. The Bertz CT molecular complexity index is 34.7. The van der Waals surface area contributed by atoms with Crippen LogP contribution in [0.1, 0.15) is 0 Å². The van der Waals surface area contributed by atoms with Gasteiger partial charge in [0.25, 0.3) is 0 Å². The minimum Gasteiger partial charge on any atom is -0.786 e. The molecule has 44 valence electrons. The summed E-state index contributed by atoms with van der Waals surface area (Å²) in [6.07, 6.45) is 0. The maximum Gasteiger partial charge on any atom is 2.00 e. The molecule has 0 aliphatic heterocycles. The second-order valence-electron chi connectivity index (χ2n) is 0.334. The molecule has 0 fully saturated rings. The fraction of sp³-hybridized carbons (Fsp3) is 0. The van der Waals surface area contributed by atoms with Crippen LogP contribution in [-0.4, -0.2) is 14.7 Å². The van der Waals surface area contributed by atoms with E-state index in [2.05, 4.69) is 0 Å². The van der Waals surface area contributed by atoms with E-state index in [0.29, 0.717) is 0 Å². The number of rotatable bonds is 0. The monoisotopic (exact) mass is 209 g/mol. The number of hydrogen-bond acceptors (Lipinski definition) is 4. The van der Waals surface area contributed by atoms with Crippen molar-refractivity contribution in [3.63, 3.8) is 0 Å². The molecule has 0 spiro atoms. The van der Waals surface area contributed by atoms with Gasteiger partial charge in [0.05, 0.1) is 8.60 Å². The van der Waals surface area contributed by atoms with Crippen LogP contribution in [0.25, 0.3) is 0 Å². The molecule has 0 saturated carbocycles. The molecule has 5 nitrogen and oxygen atoms in total. The van der Waals surface area contributed by atoms with Gasteiger partial charge in [0.2, 0.25) is 0 Å². The molecule has 0 unspecified atom stereocenters. The Morgan fingerprint density at radius 3 is 1.50 bits per heavy atom. The summed E-state index contributed by atoms with van der Waals surface area (Å²) >= 11 is 0. The Balaban J connectivity index is -0.0000000575. The largest absolute Gasteiger partial charge is 2.00 e. The van der Waals surface area contributed by atoms with Crippen molar-refractivity contribution in [1.82, 2.24) is 0 Å². The quantitative estimate of drug-likeness (QED) is 0.342. The number of hydrogen-bond donors (Lipinski definition) is 3. The molecule has 0 heterocycles. The van der Waals surface area contributed by atoms with Crippen LogP contribution in [0.5, 0.6) is 0 Å². The maximum absolute atomic E-state index is 8.70. The van der Waals surface area contributed by atoms with Crippen molar-refractivity contribution in [1.29, 1.82) is 0 Å². The van der Waals surface area contributed by atoms with Gasteiger partial charge in [-0.15, -0.1) is 0 Å². The molecule has 0 bridgehead atoms. The van der Waals surface area contributed by atoms with Gasteiger partial charge in [-0.1, -0.05) is 0 Å². The summed E-state index contributed by atoms with van der Waals surface area (Å²) in [4.78, 5) is 29.9. The Labute approximate surface area is 61.4 Å². The molecule has 0 saturated heterocycles. The van der Waals surface area contributed by atoms with Gasteiger partial charge in [-0.05, 0) is 0 Å². The van der Waals surface area contributed by atoms with Crippen LogP contribution >= 0.6 is 17.3 Å². The van der Waals surface area contributed by atoms with Crippen LogP contribution in [0.15, 0.2) is 0 Å². The summed E-state index contributed by atoms with van der Waals surface area (Å²) in [6.45, 7) is 0. The van der Waals surface area contributed by atoms with Crippen molar-refractivity contribution < 1.29 is 43.6 Å². The van der Waals surface area contributed by atoms with E-state index in [1.807, 2.05) is 0 Å². The normalized spacial score (nSPS) is 7.12. The van der Waals surface area contributed by atoms with Gasteiger partial charge in [0.15, 0.2) is 0 Å². The van der Waals surface area contributed by atoms with E-state index in [1.165, 1.54) is 0 Å². The van der Waals surface area contributed by atoms with E-state index in [1.54, 1.807) is 0 Å². The first-order chi connectivity index (χ1) is 3.15. The standard InChI is InChI=1S/H2O3P.HO2P.Zn/c1-4(2)3;1-3-2;/h1-2H;(H,1,2);/q-1;;+2. The van der Waals surface area contributed by atoms with Crippen LogP contribution in [0.2, 0.25) is 0 Å². The molecular formula is H3O5P2Zn+. The molecule has 0 radical (unpaired) electrons. The minimum atomic E-state index is -2.87. The maximum atomic E-state index is 8.70. The van der Waals surface area contributed by atoms with Gasteiger partial charge in [-0.25, -0.2) is 4.57 Å². The van der Waals surface area contributed by atoms with E-state index in [4.69, 9.17) is 24.1 Å². The fourth-order valence-electron chi connectivity index (χ4n) is 0. The molecule has 8 heavy (non-hydrogen) atoms. The summed E-state index contributed by atoms with van der Waals surface area (Å²) < 4.78 is 8.46. The Morgan fingerprint density at radius 2 is 1.50 bits per heavy atom. The molecule has 3 N–H and O–H groups in total. The van der Waals surface area contributed by atoms with Crippen LogP contribution in [0.4, 0.5) is 0 Å². The fourth-order valence-corrected chi connectivity index (χ4v) is 0. The zero-order chi connectivity index (χ0) is 6.28. The third kappa shape index (κ3) is 255. The first-order valence-corrected chi connectivity index (χ1v) is 2.90. The van der Waals surface area contributed by atoms with E-state index >= 15 is 0 Å².